The van der Waals surface area contributed by atoms with Crippen molar-refractivity contribution in [2.45, 2.75) is 25.6 Å². The van der Waals surface area contributed by atoms with Gasteiger partial charge < -0.3 is 5.32 Å². The van der Waals surface area contributed by atoms with Crippen LogP contribution in [-0.2, 0) is 19.5 Å². The van der Waals surface area contributed by atoms with E-state index in [0.717, 1.165) is 23.5 Å². The van der Waals surface area contributed by atoms with Crippen LogP contribution in [0.4, 0.5) is 4.39 Å². The molecule has 0 fully saturated rings. The van der Waals surface area contributed by atoms with Crippen molar-refractivity contribution in [2.24, 2.45) is 0 Å². The summed E-state index contributed by atoms with van der Waals surface area (Å²) in [6.07, 6.45) is 1.03. The summed E-state index contributed by atoms with van der Waals surface area (Å²) in [5, 5.41) is 16.7. The minimum absolute atomic E-state index is 0.217. The van der Waals surface area contributed by atoms with Crippen LogP contribution in [0, 0.1) is 5.82 Å². The molecule has 0 spiro atoms. The highest BCUT2D eigenvalue weighted by atomic mass is 32.1. The molecule has 1 atom stereocenters. The van der Waals surface area contributed by atoms with Crippen LogP contribution in [0.15, 0.2) is 53.2 Å². The Hall–Kier alpha value is -2.46. The SMILES string of the molecule is O=C(NCc1ccc(F)cc1)c1nnc(CN2CCc3sccc3C2c2cccs2)s1. The summed E-state index contributed by atoms with van der Waals surface area (Å²) in [5.74, 6) is -0.557. The zero-order valence-corrected chi connectivity index (χ0v) is 18.9. The van der Waals surface area contributed by atoms with Crippen molar-refractivity contribution in [1.82, 2.24) is 20.4 Å². The fraction of sp³-hybridized carbons (Fsp3) is 0.227. The fourth-order valence-corrected chi connectivity index (χ4v) is 6.32. The molecule has 3 aromatic heterocycles. The molecule has 31 heavy (non-hydrogen) atoms. The van der Waals surface area contributed by atoms with Crippen molar-refractivity contribution in [3.05, 3.63) is 89.9 Å². The molecule has 0 saturated carbocycles. The fourth-order valence-electron chi connectivity index (χ4n) is 3.76. The van der Waals surface area contributed by atoms with Crippen LogP contribution in [0.25, 0.3) is 0 Å². The number of carbonyl (C=O) groups excluding carboxylic acids is 1. The highest BCUT2D eigenvalue weighted by molar-refractivity contribution is 7.13. The predicted octanol–water partition coefficient (Wildman–Crippen LogP) is 4.88. The number of nitrogens with one attached hydrogen (secondary N) is 1. The van der Waals surface area contributed by atoms with Gasteiger partial charge in [0.15, 0.2) is 0 Å². The van der Waals surface area contributed by atoms with Crippen LogP contribution in [0.3, 0.4) is 0 Å². The van der Waals surface area contributed by atoms with Gasteiger partial charge in [0.2, 0.25) is 5.01 Å². The van der Waals surface area contributed by atoms with Crippen molar-refractivity contribution < 1.29 is 9.18 Å². The maximum atomic E-state index is 13.0. The van der Waals surface area contributed by atoms with Crippen molar-refractivity contribution in [3.63, 3.8) is 0 Å². The molecule has 5 rings (SSSR count). The van der Waals surface area contributed by atoms with Crippen LogP contribution >= 0.6 is 34.0 Å². The second-order valence-corrected chi connectivity index (χ2v) is 10.3. The van der Waals surface area contributed by atoms with Gasteiger partial charge in [-0.2, -0.15) is 0 Å². The summed E-state index contributed by atoms with van der Waals surface area (Å²) in [6, 6.07) is 12.8. The monoisotopic (exact) mass is 470 g/mol. The van der Waals surface area contributed by atoms with E-state index in [-0.39, 0.29) is 17.8 Å². The Morgan fingerprint density at radius 1 is 1.13 bits per heavy atom. The van der Waals surface area contributed by atoms with Gasteiger partial charge in [-0.15, -0.1) is 32.9 Å². The highest BCUT2D eigenvalue weighted by Crippen LogP contribution is 2.40. The van der Waals surface area contributed by atoms with Gasteiger partial charge in [0.25, 0.3) is 5.91 Å². The van der Waals surface area contributed by atoms with Crippen LogP contribution in [0.1, 0.15) is 41.7 Å². The normalized spacial score (nSPS) is 16.2. The molecule has 1 aliphatic rings. The van der Waals surface area contributed by atoms with Crippen molar-refractivity contribution >= 4 is 39.9 Å². The zero-order valence-electron chi connectivity index (χ0n) is 16.5. The minimum atomic E-state index is -0.294. The first-order valence-electron chi connectivity index (χ1n) is 9.86. The first-order chi connectivity index (χ1) is 15.2. The largest absolute Gasteiger partial charge is 0.346 e. The third-order valence-electron chi connectivity index (χ3n) is 5.24. The van der Waals surface area contributed by atoms with E-state index in [4.69, 9.17) is 0 Å². The number of benzene rings is 1. The van der Waals surface area contributed by atoms with Gasteiger partial charge in [-0.25, -0.2) is 4.39 Å². The van der Waals surface area contributed by atoms with Crippen LogP contribution in [0.5, 0.6) is 0 Å². The third kappa shape index (κ3) is 4.45. The van der Waals surface area contributed by atoms with Gasteiger partial charge >= 0.3 is 0 Å². The number of amides is 1. The Bertz CT molecular complexity index is 1170. The molecule has 5 nitrogen and oxygen atoms in total. The Kier molecular flexibility index (Phi) is 5.91. The Balaban J connectivity index is 1.27. The number of rotatable bonds is 6. The summed E-state index contributed by atoms with van der Waals surface area (Å²) in [5.41, 5.74) is 2.21. The van der Waals surface area contributed by atoms with E-state index in [1.807, 2.05) is 11.3 Å². The molecule has 1 N–H and O–H groups in total. The molecule has 1 unspecified atom stereocenters. The second-order valence-electron chi connectivity index (χ2n) is 7.25. The summed E-state index contributed by atoms with van der Waals surface area (Å²) in [7, 11) is 0. The van der Waals surface area contributed by atoms with E-state index < -0.39 is 0 Å². The molecule has 0 bridgehead atoms. The molecule has 0 aliphatic carbocycles. The quantitative estimate of drug-likeness (QED) is 0.436. The molecule has 9 heteroatoms. The number of hydrogen-bond acceptors (Lipinski definition) is 7. The van der Waals surface area contributed by atoms with Gasteiger partial charge in [0, 0.05) is 22.8 Å². The maximum absolute atomic E-state index is 13.0. The van der Waals surface area contributed by atoms with Gasteiger partial charge in [0.05, 0.1) is 12.6 Å². The molecule has 4 heterocycles. The first kappa shape index (κ1) is 20.4. The van der Waals surface area contributed by atoms with Crippen LogP contribution in [0.2, 0.25) is 0 Å². The average Bonchev–Trinajstić information content (AvgIpc) is 3.54. The number of fused-ring (bicyclic) bond motifs is 1. The summed E-state index contributed by atoms with van der Waals surface area (Å²) in [6.45, 7) is 1.92. The molecular weight excluding hydrogens is 451 g/mol. The lowest BCUT2D eigenvalue weighted by molar-refractivity contribution is 0.0950. The summed E-state index contributed by atoms with van der Waals surface area (Å²) in [4.78, 5) is 17.7. The molecule has 1 amide bonds. The number of halogens is 1. The Labute approximate surface area is 191 Å². The number of thiophene rings is 2. The number of carbonyl (C=O) groups is 1. The second kappa shape index (κ2) is 8.96. The lowest BCUT2D eigenvalue weighted by atomic mass is 9.98. The van der Waals surface area contributed by atoms with Gasteiger partial charge in [-0.05, 0) is 52.6 Å². The third-order valence-corrected chi connectivity index (χ3v) is 8.07. The molecule has 158 valence electrons. The van der Waals surface area contributed by atoms with Gasteiger partial charge in [-0.1, -0.05) is 29.5 Å². The van der Waals surface area contributed by atoms with Gasteiger partial charge in [-0.3, -0.25) is 9.69 Å². The molecular formula is C22H19FN4OS3. The number of aromatic nitrogens is 2. The molecule has 0 radical (unpaired) electrons. The van der Waals surface area contributed by atoms with E-state index in [2.05, 4.69) is 49.4 Å². The van der Waals surface area contributed by atoms with Crippen molar-refractivity contribution in [1.29, 1.82) is 0 Å². The smallest absolute Gasteiger partial charge is 0.282 e. The van der Waals surface area contributed by atoms with E-state index in [1.54, 1.807) is 23.5 Å². The zero-order chi connectivity index (χ0) is 21.2. The Morgan fingerprint density at radius 2 is 2.00 bits per heavy atom. The average molecular weight is 471 g/mol. The highest BCUT2D eigenvalue weighted by Gasteiger charge is 2.31. The van der Waals surface area contributed by atoms with Crippen molar-refractivity contribution in [2.75, 3.05) is 6.54 Å². The molecule has 1 aliphatic heterocycles. The lowest BCUT2D eigenvalue weighted by Gasteiger charge is -2.34. The van der Waals surface area contributed by atoms with Gasteiger partial charge in [0.1, 0.15) is 10.8 Å². The standard InChI is InChI=1S/C22H19FN4OS3/c23-15-5-3-14(4-6-15)12-24-21(28)22-26-25-19(31-22)13-27-9-7-17-16(8-11-30-17)20(27)18-2-1-10-29-18/h1-6,8,10-11,20H,7,9,12-13H2,(H,24,28). The molecule has 1 aromatic carbocycles. The van der Waals surface area contributed by atoms with E-state index in [1.165, 1.54) is 38.8 Å². The maximum Gasteiger partial charge on any atom is 0.282 e. The minimum Gasteiger partial charge on any atom is -0.346 e. The number of hydrogen-bond donors (Lipinski definition) is 1. The molecule has 4 aromatic rings. The van der Waals surface area contributed by atoms with Crippen LogP contribution in [-0.4, -0.2) is 27.5 Å². The number of nitrogens with zero attached hydrogens (tertiary/aromatic N) is 3. The van der Waals surface area contributed by atoms with Crippen LogP contribution < -0.4 is 5.32 Å². The van der Waals surface area contributed by atoms with Crippen molar-refractivity contribution in [3.8, 4) is 0 Å². The summed E-state index contributed by atoms with van der Waals surface area (Å²) < 4.78 is 13.0. The molecule has 0 saturated heterocycles. The topological polar surface area (TPSA) is 58.1 Å². The lowest BCUT2D eigenvalue weighted by Crippen LogP contribution is -2.34. The Morgan fingerprint density at radius 3 is 2.81 bits per heavy atom. The van der Waals surface area contributed by atoms with E-state index in [0.29, 0.717) is 18.1 Å². The summed E-state index contributed by atoms with van der Waals surface area (Å²) >= 11 is 4.92. The van der Waals surface area contributed by atoms with E-state index >= 15 is 0 Å². The predicted molar refractivity (Wildman–Crippen MR) is 122 cm³/mol. The first-order valence-corrected chi connectivity index (χ1v) is 12.4. The van der Waals surface area contributed by atoms with E-state index in [9.17, 15) is 9.18 Å².